The number of nitrogens with one attached hydrogen (secondary N) is 2. The lowest BCUT2D eigenvalue weighted by molar-refractivity contribution is 0.102. The highest BCUT2D eigenvalue weighted by atomic mass is 79.9. The molecule has 1 saturated carbocycles. The Balaban J connectivity index is 1.72. The molecule has 2 N–H and O–H groups in total. The Morgan fingerprint density at radius 1 is 1.12 bits per heavy atom. The van der Waals surface area contributed by atoms with Crippen molar-refractivity contribution in [1.82, 2.24) is 9.97 Å². The zero-order valence-electron chi connectivity index (χ0n) is 13.7. The summed E-state index contributed by atoms with van der Waals surface area (Å²) in [6.07, 6.45) is 6.05. The number of hydrogen-bond acceptors (Lipinski definition) is 4. The summed E-state index contributed by atoms with van der Waals surface area (Å²) in [5.41, 5.74) is 1.90. The molecule has 1 aromatic carbocycles. The second-order valence-corrected chi connectivity index (χ2v) is 7.07. The number of carbonyl (C=O) groups is 1. The molecule has 5 nitrogen and oxygen atoms in total. The van der Waals surface area contributed by atoms with Crippen molar-refractivity contribution in [2.24, 2.45) is 0 Å². The van der Waals surface area contributed by atoms with Gasteiger partial charge in [0.05, 0.1) is 0 Å². The molecule has 1 amide bonds. The summed E-state index contributed by atoms with van der Waals surface area (Å²) in [5.74, 6) is 0.317. The van der Waals surface area contributed by atoms with Gasteiger partial charge >= 0.3 is 0 Å². The maximum atomic E-state index is 12.5. The molecule has 6 heteroatoms. The Bertz CT molecular complexity index is 711. The lowest BCUT2D eigenvalue weighted by atomic mass is 9.96. The third-order valence-corrected chi connectivity index (χ3v) is 4.66. The lowest BCUT2D eigenvalue weighted by Gasteiger charge is -2.23. The van der Waals surface area contributed by atoms with Gasteiger partial charge in [0.1, 0.15) is 5.69 Å². The smallest absolute Gasteiger partial charge is 0.274 e. The minimum absolute atomic E-state index is 0.227. The van der Waals surface area contributed by atoms with Crippen LogP contribution in [0.15, 0.2) is 34.8 Å². The van der Waals surface area contributed by atoms with Gasteiger partial charge in [-0.15, -0.1) is 0 Å². The summed E-state index contributed by atoms with van der Waals surface area (Å²) in [4.78, 5) is 21.3. The van der Waals surface area contributed by atoms with Gasteiger partial charge in [0.15, 0.2) is 0 Å². The zero-order valence-corrected chi connectivity index (χ0v) is 15.3. The molecule has 1 heterocycles. The molecule has 1 fully saturated rings. The van der Waals surface area contributed by atoms with Crippen LogP contribution in [0.3, 0.4) is 0 Å². The van der Waals surface area contributed by atoms with Gasteiger partial charge in [0.25, 0.3) is 5.91 Å². The van der Waals surface area contributed by atoms with Crippen molar-refractivity contribution in [3.63, 3.8) is 0 Å². The van der Waals surface area contributed by atoms with Gasteiger partial charge in [-0.25, -0.2) is 9.97 Å². The van der Waals surface area contributed by atoms with E-state index in [-0.39, 0.29) is 5.91 Å². The van der Waals surface area contributed by atoms with Crippen LogP contribution < -0.4 is 10.6 Å². The Kier molecular flexibility index (Phi) is 5.45. The number of halogens is 1. The van der Waals surface area contributed by atoms with Gasteiger partial charge in [-0.1, -0.05) is 35.2 Å². The average molecular weight is 389 g/mol. The quantitative estimate of drug-likeness (QED) is 0.806. The van der Waals surface area contributed by atoms with E-state index in [0.29, 0.717) is 17.7 Å². The average Bonchev–Trinajstić information content (AvgIpc) is 2.57. The number of benzene rings is 1. The van der Waals surface area contributed by atoms with Crippen LogP contribution in [0.25, 0.3) is 0 Å². The topological polar surface area (TPSA) is 66.9 Å². The monoisotopic (exact) mass is 388 g/mol. The maximum Gasteiger partial charge on any atom is 0.274 e. The van der Waals surface area contributed by atoms with Gasteiger partial charge in [-0.2, -0.15) is 0 Å². The van der Waals surface area contributed by atoms with E-state index in [1.165, 1.54) is 19.3 Å². The molecule has 0 bridgehead atoms. The summed E-state index contributed by atoms with van der Waals surface area (Å²) in [6.45, 7) is 1.88. The Morgan fingerprint density at radius 3 is 2.54 bits per heavy atom. The van der Waals surface area contributed by atoms with Crippen LogP contribution in [0, 0.1) is 6.92 Å². The summed E-state index contributed by atoms with van der Waals surface area (Å²) >= 11 is 3.38. The molecule has 0 aliphatic heterocycles. The van der Waals surface area contributed by atoms with Gasteiger partial charge < -0.3 is 10.6 Å². The van der Waals surface area contributed by atoms with Crippen LogP contribution in [0.5, 0.6) is 0 Å². The fraction of sp³-hybridized carbons (Fsp3) is 0.389. The molecular formula is C18H21BrN4O. The first kappa shape index (κ1) is 16.9. The van der Waals surface area contributed by atoms with E-state index in [1.807, 2.05) is 31.2 Å². The fourth-order valence-electron chi connectivity index (χ4n) is 2.91. The number of carbonyl (C=O) groups excluding carboxylic acids is 1. The van der Waals surface area contributed by atoms with Gasteiger partial charge in [-0.3, -0.25) is 4.79 Å². The van der Waals surface area contributed by atoms with Crippen molar-refractivity contribution in [3.05, 3.63) is 46.2 Å². The molecule has 0 unspecified atom stereocenters. The third-order valence-electron chi connectivity index (χ3n) is 4.13. The Hall–Kier alpha value is -1.95. The predicted molar refractivity (Wildman–Crippen MR) is 99.4 cm³/mol. The second-order valence-electron chi connectivity index (χ2n) is 6.16. The Morgan fingerprint density at radius 2 is 1.83 bits per heavy atom. The summed E-state index contributed by atoms with van der Waals surface area (Å²) < 4.78 is 0.970. The van der Waals surface area contributed by atoms with Crippen LogP contribution >= 0.6 is 15.9 Å². The van der Waals surface area contributed by atoms with Crippen LogP contribution in [0.2, 0.25) is 0 Å². The van der Waals surface area contributed by atoms with E-state index in [9.17, 15) is 4.79 Å². The largest absolute Gasteiger partial charge is 0.351 e. The first-order valence-corrected chi connectivity index (χ1v) is 9.08. The maximum absolute atomic E-state index is 12.5. The first-order chi connectivity index (χ1) is 11.6. The lowest BCUT2D eigenvalue weighted by Crippen LogP contribution is -2.24. The second kappa shape index (κ2) is 7.75. The van der Waals surface area contributed by atoms with Crippen molar-refractivity contribution in [2.75, 3.05) is 10.6 Å². The highest BCUT2D eigenvalue weighted by Gasteiger charge is 2.16. The number of amides is 1. The number of nitrogens with zero attached hydrogens (tertiary/aromatic N) is 2. The van der Waals surface area contributed by atoms with Crippen LogP contribution in [-0.2, 0) is 0 Å². The van der Waals surface area contributed by atoms with Gasteiger partial charge in [0, 0.05) is 21.9 Å². The molecule has 0 saturated heterocycles. The van der Waals surface area contributed by atoms with Crippen molar-refractivity contribution >= 4 is 33.5 Å². The molecule has 1 aromatic heterocycles. The third kappa shape index (κ3) is 4.54. The molecule has 3 rings (SSSR count). The molecule has 0 radical (unpaired) electrons. The van der Waals surface area contributed by atoms with Gasteiger partial charge in [-0.05, 0) is 50.1 Å². The normalized spacial score (nSPS) is 15.1. The molecule has 2 aromatic rings. The van der Waals surface area contributed by atoms with Crippen LogP contribution in [0.4, 0.5) is 11.6 Å². The molecule has 1 aliphatic carbocycles. The van der Waals surface area contributed by atoms with E-state index in [4.69, 9.17) is 0 Å². The van der Waals surface area contributed by atoms with Crippen molar-refractivity contribution in [1.29, 1.82) is 0 Å². The van der Waals surface area contributed by atoms with Crippen LogP contribution in [-0.4, -0.2) is 21.9 Å². The van der Waals surface area contributed by atoms with Gasteiger partial charge in [0.2, 0.25) is 5.95 Å². The first-order valence-electron chi connectivity index (χ1n) is 8.29. The zero-order chi connectivity index (χ0) is 16.9. The number of aromatic nitrogens is 2. The number of hydrogen-bond donors (Lipinski definition) is 2. The summed E-state index contributed by atoms with van der Waals surface area (Å²) in [7, 11) is 0. The summed E-state index contributed by atoms with van der Waals surface area (Å²) in [5, 5.41) is 6.25. The van der Waals surface area contributed by atoms with Crippen LogP contribution in [0.1, 0.15) is 48.3 Å². The molecule has 1 aliphatic rings. The van der Waals surface area contributed by atoms with E-state index >= 15 is 0 Å². The fourth-order valence-corrected chi connectivity index (χ4v) is 3.17. The number of rotatable bonds is 4. The van der Waals surface area contributed by atoms with Crippen molar-refractivity contribution in [2.45, 2.75) is 45.1 Å². The molecule has 0 spiro atoms. The highest BCUT2D eigenvalue weighted by molar-refractivity contribution is 9.10. The highest BCUT2D eigenvalue weighted by Crippen LogP contribution is 2.21. The van der Waals surface area contributed by atoms with E-state index in [0.717, 1.165) is 28.7 Å². The predicted octanol–water partition coefficient (Wildman–Crippen LogP) is 4.54. The Labute approximate surface area is 150 Å². The van der Waals surface area contributed by atoms with Crippen molar-refractivity contribution < 1.29 is 4.79 Å². The molecule has 0 atom stereocenters. The molecular weight excluding hydrogens is 368 g/mol. The summed E-state index contributed by atoms with van der Waals surface area (Å²) in [6, 6.07) is 9.57. The standard InChI is InChI=1S/C18H21BrN4O/c1-12-11-16(17(24)21-15-9-7-13(19)8-10-15)23-18(20-12)22-14-5-3-2-4-6-14/h7-11,14H,2-6H2,1H3,(H,21,24)(H,20,22,23). The number of aryl methyl sites for hydroxylation is 1. The molecule has 126 valence electrons. The van der Waals surface area contributed by atoms with E-state index in [2.05, 4.69) is 36.5 Å². The SMILES string of the molecule is Cc1cc(C(=O)Nc2ccc(Br)cc2)nc(NC2CCCCC2)n1. The number of anilines is 2. The molecule has 24 heavy (non-hydrogen) atoms. The van der Waals surface area contributed by atoms with E-state index in [1.54, 1.807) is 6.07 Å². The van der Waals surface area contributed by atoms with Crippen molar-refractivity contribution in [3.8, 4) is 0 Å². The minimum Gasteiger partial charge on any atom is -0.351 e. The minimum atomic E-state index is -0.227. The van der Waals surface area contributed by atoms with E-state index < -0.39 is 0 Å².